The van der Waals surface area contributed by atoms with Crippen molar-refractivity contribution >= 4 is 0 Å². The molecule has 1 heterocycles. The van der Waals surface area contributed by atoms with E-state index in [1.54, 1.807) is 18.2 Å². The van der Waals surface area contributed by atoms with Gasteiger partial charge in [-0.1, -0.05) is 6.07 Å². The van der Waals surface area contributed by atoms with E-state index in [1.807, 2.05) is 0 Å². The van der Waals surface area contributed by atoms with Crippen LogP contribution >= 0.6 is 0 Å². The first-order valence-electron chi connectivity index (χ1n) is 5.13. The normalized spacial score (nSPS) is 10.2. The van der Waals surface area contributed by atoms with E-state index in [4.69, 9.17) is 9.47 Å². The number of nitrogens with one attached hydrogen (secondary N) is 1. The zero-order valence-electron chi connectivity index (χ0n) is 9.86. The molecular weight excluding hydrogens is 239 g/mol. The first kappa shape index (κ1) is 12.1. The molecule has 94 valence electrons. The molecule has 2 aromatic rings. The van der Waals surface area contributed by atoms with Gasteiger partial charge in [0, 0.05) is 5.56 Å². The molecule has 0 radical (unpaired) electrons. The molecule has 18 heavy (non-hydrogen) atoms. The second kappa shape index (κ2) is 4.87. The Labute approximate surface area is 102 Å². The van der Waals surface area contributed by atoms with Crippen LogP contribution in [0.4, 0.5) is 4.39 Å². The Balaban J connectivity index is 2.71. The second-order valence-corrected chi connectivity index (χ2v) is 3.44. The van der Waals surface area contributed by atoms with Crippen LogP contribution in [0.1, 0.15) is 0 Å². The number of methoxy groups -OCH3 is 2. The van der Waals surface area contributed by atoms with Crippen LogP contribution in [-0.4, -0.2) is 24.2 Å². The maximum absolute atomic E-state index is 13.7. The quantitative estimate of drug-likeness (QED) is 0.898. The van der Waals surface area contributed by atoms with Gasteiger partial charge in [0.15, 0.2) is 11.5 Å². The van der Waals surface area contributed by atoms with Gasteiger partial charge >= 0.3 is 0 Å². The number of H-pyrrole nitrogens is 1. The van der Waals surface area contributed by atoms with Crippen molar-refractivity contribution < 1.29 is 13.9 Å². The van der Waals surface area contributed by atoms with Gasteiger partial charge in [0.05, 0.1) is 20.5 Å². The number of halogens is 1. The van der Waals surface area contributed by atoms with Crippen molar-refractivity contribution in [3.63, 3.8) is 0 Å². The predicted molar refractivity (Wildman–Crippen MR) is 63.4 cm³/mol. The van der Waals surface area contributed by atoms with Crippen LogP contribution in [0.5, 0.6) is 11.5 Å². The molecule has 0 fully saturated rings. The van der Waals surface area contributed by atoms with Gasteiger partial charge in [-0.3, -0.25) is 4.79 Å². The Morgan fingerprint density at radius 2 is 2.06 bits per heavy atom. The lowest BCUT2D eigenvalue weighted by Gasteiger charge is -2.11. The van der Waals surface area contributed by atoms with Crippen molar-refractivity contribution in [3.8, 4) is 22.8 Å². The summed E-state index contributed by atoms with van der Waals surface area (Å²) in [6.45, 7) is 0. The van der Waals surface area contributed by atoms with Gasteiger partial charge in [0.2, 0.25) is 5.82 Å². The van der Waals surface area contributed by atoms with Gasteiger partial charge in [-0.2, -0.15) is 4.39 Å². The van der Waals surface area contributed by atoms with Crippen molar-refractivity contribution in [3.05, 3.63) is 40.7 Å². The van der Waals surface area contributed by atoms with E-state index in [1.165, 1.54) is 14.2 Å². The fourth-order valence-electron chi connectivity index (χ4n) is 1.64. The standard InChI is InChI=1S/C12H11FN2O3/c1-17-8-5-3-4-7(11(8)18-2)10-9(13)12(16)15-6-14-10/h3-6H,1-2H3,(H,14,15,16). The summed E-state index contributed by atoms with van der Waals surface area (Å²) in [6.07, 6.45) is 1.14. The molecule has 1 aromatic carbocycles. The Kier molecular flexibility index (Phi) is 3.27. The molecule has 1 N–H and O–H groups in total. The van der Waals surface area contributed by atoms with Crippen molar-refractivity contribution in [1.29, 1.82) is 0 Å². The summed E-state index contributed by atoms with van der Waals surface area (Å²) < 4.78 is 24.0. The maximum Gasteiger partial charge on any atom is 0.287 e. The minimum absolute atomic E-state index is 0.0745. The van der Waals surface area contributed by atoms with Crippen LogP contribution in [0.3, 0.4) is 0 Å². The van der Waals surface area contributed by atoms with Gasteiger partial charge in [0.25, 0.3) is 5.56 Å². The van der Waals surface area contributed by atoms with E-state index < -0.39 is 11.4 Å². The molecule has 0 unspecified atom stereocenters. The van der Waals surface area contributed by atoms with Gasteiger partial charge in [0.1, 0.15) is 5.69 Å². The van der Waals surface area contributed by atoms with E-state index in [-0.39, 0.29) is 5.69 Å². The van der Waals surface area contributed by atoms with Gasteiger partial charge in [-0.25, -0.2) is 4.98 Å². The third-order valence-corrected chi connectivity index (χ3v) is 2.45. The van der Waals surface area contributed by atoms with E-state index >= 15 is 0 Å². The average Bonchev–Trinajstić information content (AvgIpc) is 2.41. The molecule has 0 amide bonds. The molecule has 0 aliphatic heterocycles. The Morgan fingerprint density at radius 1 is 1.28 bits per heavy atom. The molecular formula is C12H11FN2O3. The highest BCUT2D eigenvalue weighted by molar-refractivity contribution is 5.71. The first-order chi connectivity index (χ1) is 8.69. The Morgan fingerprint density at radius 3 is 2.72 bits per heavy atom. The van der Waals surface area contributed by atoms with Crippen molar-refractivity contribution in [1.82, 2.24) is 9.97 Å². The number of nitrogens with zero attached hydrogens (tertiary/aromatic N) is 1. The van der Waals surface area contributed by atoms with Gasteiger partial charge < -0.3 is 14.5 Å². The number of benzene rings is 1. The lowest BCUT2D eigenvalue weighted by Crippen LogP contribution is -2.13. The number of hydrogen-bond donors (Lipinski definition) is 1. The molecule has 6 heteroatoms. The smallest absolute Gasteiger partial charge is 0.287 e. The molecule has 0 saturated carbocycles. The summed E-state index contributed by atoms with van der Waals surface area (Å²) in [5, 5.41) is 0. The summed E-state index contributed by atoms with van der Waals surface area (Å²) in [6, 6.07) is 4.94. The molecule has 0 saturated heterocycles. The highest BCUT2D eigenvalue weighted by Gasteiger charge is 2.17. The Hall–Kier alpha value is -2.37. The lowest BCUT2D eigenvalue weighted by molar-refractivity contribution is 0.356. The largest absolute Gasteiger partial charge is 0.493 e. The van der Waals surface area contributed by atoms with Crippen LogP contribution < -0.4 is 15.0 Å². The number of aromatic nitrogens is 2. The van der Waals surface area contributed by atoms with E-state index in [0.29, 0.717) is 17.1 Å². The molecule has 0 spiro atoms. The summed E-state index contributed by atoms with van der Waals surface area (Å²) in [5.41, 5.74) is -0.542. The summed E-state index contributed by atoms with van der Waals surface area (Å²) in [4.78, 5) is 17.2. The van der Waals surface area contributed by atoms with Crippen molar-refractivity contribution in [2.75, 3.05) is 14.2 Å². The summed E-state index contributed by atoms with van der Waals surface area (Å²) in [5.74, 6) is -0.183. The third kappa shape index (κ3) is 1.92. The maximum atomic E-state index is 13.7. The SMILES string of the molecule is COc1cccc(-c2nc[nH]c(=O)c2F)c1OC. The Bertz CT molecular complexity index is 625. The summed E-state index contributed by atoms with van der Waals surface area (Å²) >= 11 is 0. The molecule has 5 nitrogen and oxygen atoms in total. The molecule has 0 aliphatic carbocycles. The van der Waals surface area contributed by atoms with Gasteiger partial charge in [-0.05, 0) is 12.1 Å². The third-order valence-electron chi connectivity index (χ3n) is 2.45. The molecule has 0 bridgehead atoms. The molecule has 0 aliphatic rings. The van der Waals surface area contributed by atoms with Crippen LogP contribution in [0.15, 0.2) is 29.3 Å². The highest BCUT2D eigenvalue weighted by atomic mass is 19.1. The monoisotopic (exact) mass is 250 g/mol. The number of aromatic amines is 1. The van der Waals surface area contributed by atoms with Crippen LogP contribution in [-0.2, 0) is 0 Å². The van der Waals surface area contributed by atoms with E-state index in [2.05, 4.69) is 9.97 Å². The van der Waals surface area contributed by atoms with Crippen LogP contribution in [0.2, 0.25) is 0 Å². The minimum Gasteiger partial charge on any atom is -0.493 e. The van der Waals surface area contributed by atoms with Crippen molar-refractivity contribution in [2.24, 2.45) is 0 Å². The topological polar surface area (TPSA) is 64.2 Å². The highest BCUT2D eigenvalue weighted by Crippen LogP contribution is 2.37. The van der Waals surface area contributed by atoms with Gasteiger partial charge in [-0.15, -0.1) is 0 Å². The average molecular weight is 250 g/mol. The van der Waals surface area contributed by atoms with E-state index in [0.717, 1.165) is 6.33 Å². The lowest BCUT2D eigenvalue weighted by atomic mass is 10.1. The molecule has 1 aromatic heterocycles. The fourth-order valence-corrected chi connectivity index (χ4v) is 1.64. The summed E-state index contributed by atoms with van der Waals surface area (Å²) in [7, 11) is 2.91. The number of ether oxygens (including phenoxy) is 2. The number of para-hydroxylation sites is 1. The number of hydrogen-bond acceptors (Lipinski definition) is 4. The fraction of sp³-hybridized carbons (Fsp3) is 0.167. The zero-order valence-corrected chi connectivity index (χ0v) is 9.86. The zero-order chi connectivity index (χ0) is 13.1. The molecule has 2 rings (SSSR count). The number of rotatable bonds is 3. The second-order valence-electron chi connectivity index (χ2n) is 3.44. The van der Waals surface area contributed by atoms with E-state index in [9.17, 15) is 9.18 Å². The van der Waals surface area contributed by atoms with Crippen LogP contribution in [0, 0.1) is 5.82 Å². The molecule has 0 atom stereocenters. The van der Waals surface area contributed by atoms with Crippen molar-refractivity contribution in [2.45, 2.75) is 0 Å². The first-order valence-corrected chi connectivity index (χ1v) is 5.13. The predicted octanol–water partition coefficient (Wildman–Crippen LogP) is 1.59. The van der Waals surface area contributed by atoms with Crippen LogP contribution in [0.25, 0.3) is 11.3 Å². The minimum atomic E-state index is -0.955.